The van der Waals surface area contributed by atoms with Crippen molar-refractivity contribution < 1.29 is 4.74 Å². The van der Waals surface area contributed by atoms with Crippen LogP contribution in [0.5, 0.6) is 5.75 Å². The lowest BCUT2D eigenvalue weighted by Crippen LogP contribution is -1.96. The van der Waals surface area contributed by atoms with Gasteiger partial charge in [0.2, 0.25) is 0 Å². The Bertz CT molecular complexity index is 987. The molecule has 6 heteroatoms. The minimum atomic E-state index is 0.757. The largest absolute Gasteiger partial charge is 0.494 e. The number of unbranched alkanes of at least 4 members (excludes halogenated alkanes) is 1. The van der Waals surface area contributed by atoms with E-state index in [9.17, 15) is 0 Å². The topological polar surface area (TPSA) is 52.8 Å². The van der Waals surface area contributed by atoms with E-state index in [2.05, 4.69) is 44.6 Å². The van der Waals surface area contributed by atoms with Gasteiger partial charge < -0.3 is 9.30 Å². The lowest BCUT2D eigenvalue weighted by Gasteiger charge is -2.07. The molecule has 26 heavy (non-hydrogen) atoms. The number of hydrogen-bond donors (Lipinski definition) is 0. The van der Waals surface area contributed by atoms with Crippen LogP contribution in [0.25, 0.3) is 32.0 Å². The molecule has 0 spiro atoms. The summed E-state index contributed by atoms with van der Waals surface area (Å²) in [5.41, 5.74) is 3.13. The molecule has 0 aliphatic rings. The molecule has 0 fully saturated rings. The maximum Gasteiger partial charge on any atom is 0.127 e. The molecular formula is C20H20N4OS. The van der Waals surface area contributed by atoms with E-state index < -0.39 is 0 Å². The number of aromatic nitrogens is 4. The minimum absolute atomic E-state index is 0.757. The molecule has 1 aromatic carbocycles. The number of imidazole rings is 1. The zero-order chi connectivity index (χ0) is 17.9. The maximum absolute atomic E-state index is 5.76. The van der Waals surface area contributed by atoms with Crippen LogP contribution in [0.3, 0.4) is 0 Å². The molecule has 0 saturated heterocycles. The van der Waals surface area contributed by atoms with Crippen LogP contribution in [-0.2, 0) is 7.05 Å². The van der Waals surface area contributed by atoms with E-state index in [0.29, 0.717) is 0 Å². The first-order valence-electron chi connectivity index (χ1n) is 8.70. The van der Waals surface area contributed by atoms with Crippen LogP contribution in [0.2, 0.25) is 0 Å². The van der Waals surface area contributed by atoms with Crippen molar-refractivity contribution in [2.45, 2.75) is 19.8 Å². The van der Waals surface area contributed by atoms with E-state index >= 15 is 0 Å². The number of ether oxygens (including phenoxy) is 1. The first-order chi connectivity index (χ1) is 12.8. The SMILES string of the molecule is CCCCOc1ccc(-c2ncn(C)c2-c2cc3cncnc3s2)cc1. The lowest BCUT2D eigenvalue weighted by atomic mass is 10.1. The van der Waals surface area contributed by atoms with Crippen LogP contribution >= 0.6 is 11.3 Å². The molecule has 4 aromatic rings. The molecule has 0 amide bonds. The molecule has 132 valence electrons. The molecule has 0 bridgehead atoms. The van der Waals surface area contributed by atoms with E-state index in [1.807, 2.05) is 31.7 Å². The van der Waals surface area contributed by atoms with Crippen molar-refractivity contribution in [3.8, 4) is 27.6 Å². The highest BCUT2D eigenvalue weighted by Crippen LogP contribution is 2.37. The molecular weight excluding hydrogens is 344 g/mol. The smallest absolute Gasteiger partial charge is 0.127 e. The van der Waals surface area contributed by atoms with Gasteiger partial charge in [-0.1, -0.05) is 13.3 Å². The molecule has 3 aromatic heterocycles. The van der Waals surface area contributed by atoms with Crippen molar-refractivity contribution in [1.82, 2.24) is 19.5 Å². The van der Waals surface area contributed by atoms with Gasteiger partial charge in [0.05, 0.1) is 29.2 Å². The quantitative estimate of drug-likeness (QED) is 0.455. The number of fused-ring (bicyclic) bond motifs is 1. The van der Waals surface area contributed by atoms with Gasteiger partial charge in [0.1, 0.15) is 16.9 Å². The summed E-state index contributed by atoms with van der Waals surface area (Å²) in [5, 5.41) is 1.05. The van der Waals surface area contributed by atoms with Gasteiger partial charge in [0.25, 0.3) is 0 Å². The molecule has 0 atom stereocenters. The van der Waals surface area contributed by atoms with E-state index in [0.717, 1.165) is 57.2 Å². The number of hydrogen-bond acceptors (Lipinski definition) is 5. The van der Waals surface area contributed by atoms with Crippen molar-refractivity contribution in [2.24, 2.45) is 7.05 Å². The van der Waals surface area contributed by atoms with Gasteiger partial charge in [-0.2, -0.15) is 0 Å². The highest BCUT2D eigenvalue weighted by Gasteiger charge is 2.16. The standard InChI is InChI=1S/C20H20N4OS/c1-3-4-9-25-16-7-5-14(6-8-16)18-19(24(2)13-23-18)17-10-15-11-21-12-22-20(15)26-17/h5-8,10-13H,3-4,9H2,1-2H3. The third-order valence-electron chi connectivity index (χ3n) is 4.26. The van der Waals surface area contributed by atoms with E-state index in [1.54, 1.807) is 17.7 Å². The third-order valence-corrected chi connectivity index (χ3v) is 5.33. The third kappa shape index (κ3) is 3.20. The summed E-state index contributed by atoms with van der Waals surface area (Å²) < 4.78 is 7.81. The Labute approximate surface area is 156 Å². The summed E-state index contributed by atoms with van der Waals surface area (Å²) in [6, 6.07) is 10.3. The molecule has 0 radical (unpaired) electrons. The van der Waals surface area contributed by atoms with E-state index in [4.69, 9.17) is 4.74 Å². The van der Waals surface area contributed by atoms with Gasteiger partial charge in [-0.05, 0) is 36.8 Å². The van der Waals surface area contributed by atoms with Crippen molar-refractivity contribution >= 4 is 21.6 Å². The first kappa shape index (κ1) is 16.7. The summed E-state index contributed by atoms with van der Waals surface area (Å²) in [6.45, 7) is 2.92. The maximum atomic E-state index is 5.76. The molecule has 0 unspecified atom stereocenters. The van der Waals surface area contributed by atoms with Crippen LogP contribution < -0.4 is 4.74 Å². The number of nitrogens with zero attached hydrogens (tertiary/aromatic N) is 4. The Morgan fingerprint density at radius 1 is 1.15 bits per heavy atom. The number of rotatable bonds is 6. The summed E-state index contributed by atoms with van der Waals surface area (Å²) in [5.74, 6) is 0.900. The van der Waals surface area contributed by atoms with E-state index in [-0.39, 0.29) is 0 Å². The summed E-state index contributed by atoms with van der Waals surface area (Å²) in [7, 11) is 2.02. The summed E-state index contributed by atoms with van der Waals surface area (Å²) >= 11 is 1.66. The average molecular weight is 364 g/mol. The van der Waals surface area contributed by atoms with Crippen molar-refractivity contribution in [3.05, 3.63) is 49.2 Å². The minimum Gasteiger partial charge on any atom is -0.494 e. The summed E-state index contributed by atoms with van der Waals surface area (Å²) in [6.07, 6.45) is 7.49. The fraction of sp³-hybridized carbons (Fsp3) is 0.250. The normalized spacial score (nSPS) is 11.2. The number of aryl methyl sites for hydroxylation is 1. The molecule has 0 N–H and O–H groups in total. The number of benzene rings is 1. The predicted octanol–water partition coefficient (Wildman–Crippen LogP) is 4.94. The molecule has 4 rings (SSSR count). The van der Waals surface area contributed by atoms with Crippen LogP contribution in [0.1, 0.15) is 19.8 Å². The van der Waals surface area contributed by atoms with E-state index in [1.165, 1.54) is 0 Å². The molecule has 3 heterocycles. The van der Waals surface area contributed by atoms with Gasteiger partial charge in [-0.25, -0.2) is 15.0 Å². The van der Waals surface area contributed by atoms with Crippen molar-refractivity contribution in [2.75, 3.05) is 6.61 Å². The lowest BCUT2D eigenvalue weighted by molar-refractivity contribution is 0.309. The fourth-order valence-electron chi connectivity index (χ4n) is 2.88. The Kier molecular flexibility index (Phi) is 4.67. The number of thiophene rings is 1. The van der Waals surface area contributed by atoms with Crippen LogP contribution in [0.4, 0.5) is 0 Å². The Morgan fingerprint density at radius 3 is 2.77 bits per heavy atom. The van der Waals surface area contributed by atoms with Gasteiger partial charge in [-0.15, -0.1) is 11.3 Å². The Balaban J connectivity index is 1.68. The predicted molar refractivity (Wildman–Crippen MR) is 105 cm³/mol. The van der Waals surface area contributed by atoms with Crippen molar-refractivity contribution in [3.63, 3.8) is 0 Å². The highest BCUT2D eigenvalue weighted by atomic mass is 32.1. The molecule has 0 aliphatic carbocycles. The van der Waals surface area contributed by atoms with Gasteiger partial charge in [-0.3, -0.25) is 0 Å². The Hall–Kier alpha value is -2.73. The van der Waals surface area contributed by atoms with Gasteiger partial charge in [0, 0.05) is 24.2 Å². The van der Waals surface area contributed by atoms with Gasteiger partial charge >= 0.3 is 0 Å². The second-order valence-corrected chi connectivity index (χ2v) is 7.20. The monoisotopic (exact) mass is 364 g/mol. The molecule has 0 aliphatic heterocycles. The highest BCUT2D eigenvalue weighted by molar-refractivity contribution is 7.21. The fourth-order valence-corrected chi connectivity index (χ4v) is 3.94. The second-order valence-electron chi connectivity index (χ2n) is 6.17. The summed E-state index contributed by atoms with van der Waals surface area (Å²) in [4.78, 5) is 15.2. The average Bonchev–Trinajstić information content (AvgIpc) is 3.25. The van der Waals surface area contributed by atoms with Gasteiger partial charge in [0.15, 0.2) is 0 Å². The van der Waals surface area contributed by atoms with Crippen molar-refractivity contribution in [1.29, 1.82) is 0 Å². The Morgan fingerprint density at radius 2 is 2.00 bits per heavy atom. The van der Waals surface area contributed by atoms with Crippen LogP contribution in [0.15, 0.2) is 49.2 Å². The van der Waals surface area contributed by atoms with Crippen LogP contribution in [-0.4, -0.2) is 26.1 Å². The zero-order valence-electron chi connectivity index (χ0n) is 14.8. The van der Waals surface area contributed by atoms with Crippen LogP contribution in [0, 0.1) is 0 Å². The molecule has 5 nitrogen and oxygen atoms in total. The first-order valence-corrected chi connectivity index (χ1v) is 9.52. The second kappa shape index (κ2) is 7.25. The zero-order valence-corrected chi connectivity index (χ0v) is 15.7. The molecule has 0 saturated carbocycles.